The van der Waals surface area contributed by atoms with E-state index in [1.54, 1.807) is 0 Å². The van der Waals surface area contributed by atoms with E-state index >= 15 is 0 Å². The van der Waals surface area contributed by atoms with Crippen molar-refractivity contribution in [3.63, 3.8) is 0 Å². The molecule has 1 unspecified atom stereocenters. The summed E-state index contributed by atoms with van der Waals surface area (Å²) < 4.78 is 16.8. The fourth-order valence-corrected chi connectivity index (χ4v) is 2.16. The molecular formula is C9H16O4. The first-order chi connectivity index (χ1) is 5.97. The lowest BCUT2D eigenvalue weighted by Crippen LogP contribution is -2.39. The average molecular weight is 188 g/mol. The van der Waals surface area contributed by atoms with Crippen LogP contribution in [-0.2, 0) is 14.2 Å². The summed E-state index contributed by atoms with van der Waals surface area (Å²) in [5.74, 6) is -0.559. The number of fused-ring (bicyclic) bond motifs is 1. The normalized spacial score (nSPS) is 48.0. The first kappa shape index (κ1) is 9.40. The van der Waals surface area contributed by atoms with Crippen molar-refractivity contribution in [3.8, 4) is 0 Å². The summed E-state index contributed by atoms with van der Waals surface area (Å²) in [6.07, 6.45) is -0.390. The third kappa shape index (κ3) is 1.38. The summed E-state index contributed by atoms with van der Waals surface area (Å²) >= 11 is 0. The highest BCUT2D eigenvalue weighted by atomic mass is 16.8. The van der Waals surface area contributed by atoms with Crippen LogP contribution in [-0.4, -0.2) is 41.9 Å². The smallest absolute Gasteiger partial charge is 0.164 e. The minimum atomic E-state index is -0.559. The molecule has 0 aromatic heterocycles. The summed E-state index contributed by atoms with van der Waals surface area (Å²) in [4.78, 5) is 0. The summed E-state index contributed by atoms with van der Waals surface area (Å²) in [6, 6.07) is 0. The van der Waals surface area contributed by atoms with Crippen LogP contribution in [0.25, 0.3) is 0 Å². The van der Waals surface area contributed by atoms with Gasteiger partial charge in [-0.15, -0.1) is 0 Å². The van der Waals surface area contributed by atoms with Gasteiger partial charge in [-0.2, -0.15) is 0 Å². The summed E-state index contributed by atoms with van der Waals surface area (Å²) in [6.45, 7) is 6.20. The second kappa shape index (κ2) is 2.67. The molecular weight excluding hydrogens is 172 g/mol. The maximum Gasteiger partial charge on any atom is 0.164 e. The predicted molar refractivity (Wildman–Crippen MR) is 45.3 cm³/mol. The molecule has 0 amide bonds. The molecule has 0 saturated carbocycles. The van der Waals surface area contributed by atoms with E-state index in [4.69, 9.17) is 19.3 Å². The van der Waals surface area contributed by atoms with E-state index in [-0.39, 0.29) is 18.8 Å². The van der Waals surface area contributed by atoms with Gasteiger partial charge in [-0.3, -0.25) is 0 Å². The molecule has 0 spiro atoms. The molecule has 2 aliphatic heterocycles. The Morgan fingerprint density at radius 2 is 2.08 bits per heavy atom. The van der Waals surface area contributed by atoms with Crippen LogP contribution in [0.4, 0.5) is 0 Å². The first-order valence-electron chi connectivity index (χ1n) is 4.57. The zero-order valence-electron chi connectivity index (χ0n) is 8.24. The molecule has 2 aliphatic rings. The van der Waals surface area contributed by atoms with Crippen molar-refractivity contribution in [2.24, 2.45) is 0 Å². The standard InChI is InChI=1S/C9H16O4/c1-8(2)12-7-6(4-10)11-5-9(7,3)13-8/h6-7,10H,4-5H2,1-3H3/t6?,7-,9+/m1/s1. The topological polar surface area (TPSA) is 47.9 Å². The van der Waals surface area contributed by atoms with E-state index in [1.807, 2.05) is 20.8 Å². The van der Waals surface area contributed by atoms with Gasteiger partial charge in [-0.05, 0) is 20.8 Å². The van der Waals surface area contributed by atoms with Gasteiger partial charge in [-0.25, -0.2) is 0 Å². The van der Waals surface area contributed by atoms with Gasteiger partial charge in [0.25, 0.3) is 0 Å². The van der Waals surface area contributed by atoms with E-state index < -0.39 is 11.4 Å². The Labute approximate surface area is 77.8 Å². The van der Waals surface area contributed by atoms with Crippen LogP contribution >= 0.6 is 0 Å². The molecule has 3 atom stereocenters. The Kier molecular flexibility index (Phi) is 1.93. The van der Waals surface area contributed by atoms with Crippen LogP contribution in [0.1, 0.15) is 20.8 Å². The molecule has 13 heavy (non-hydrogen) atoms. The van der Waals surface area contributed by atoms with Gasteiger partial charge in [-0.1, -0.05) is 0 Å². The average Bonchev–Trinajstić information content (AvgIpc) is 2.38. The lowest BCUT2D eigenvalue weighted by molar-refractivity contribution is -0.189. The lowest BCUT2D eigenvalue weighted by Gasteiger charge is -2.22. The van der Waals surface area contributed by atoms with Crippen LogP contribution < -0.4 is 0 Å². The third-order valence-electron chi connectivity index (χ3n) is 2.59. The highest BCUT2D eigenvalue weighted by Crippen LogP contribution is 2.42. The fourth-order valence-electron chi connectivity index (χ4n) is 2.16. The molecule has 0 aliphatic carbocycles. The molecule has 1 N–H and O–H groups in total. The van der Waals surface area contributed by atoms with Gasteiger partial charge in [0.2, 0.25) is 0 Å². The monoisotopic (exact) mass is 188 g/mol. The predicted octanol–water partition coefficient (Wildman–Crippen LogP) is 0.288. The Hall–Kier alpha value is -0.160. The van der Waals surface area contributed by atoms with Crippen molar-refractivity contribution >= 4 is 0 Å². The number of aliphatic hydroxyl groups is 1. The number of hydrogen-bond acceptors (Lipinski definition) is 4. The molecule has 0 aromatic rings. The van der Waals surface area contributed by atoms with E-state index in [9.17, 15) is 0 Å². The Bertz CT molecular complexity index is 216. The molecule has 0 bridgehead atoms. The molecule has 2 saturated heterocycles. The third-order valence-corrected chi connectivity index (χ3v) is 2.59. The number of aliphatic hydroxyl groups excluding tert-OH is 1. The fraction of sp³-hybridized carbons (Fsp3) is 1.00. The van der Waals surface area contributed by atoms with Crippen molar-refractivity contribution in [1.82, 2.24) is 0 Å². The molecule has 2 fully saturated rings. The van der Waals surface area contributed by atoms with Gasteiger partial charge in [0.05, 0.1) is 13.2 Å². The molecule has 4 nitrogen and oxygen atoms in total. The molecule has 4 heteroatoms. The SMILES string of the molecule is CC1(C)O[C@@H]2C(CO)OC[C@]2(C)O1. The minimum Gasteiger partial charge on any atom is -0.394 e. The van der Waals surface area contributed by atoms with E-state index in [1.165, 1.54) is 0 Å². The second-order valence-electron chi connectivity index (χ2n) is 4.39. The molecule has 76 valence electrons. The molecule has 2 heterocycles. The van der Waals surface area contributed by atoms with Gasteiger partial charge < -0.3 is 19.3 Å². The zero-order valence-corrected chi connectivity index (χ0v) is 8.24. The van der Waals surface area contributed by atoms with Crippen LogP contribution in [0.2, 0.25) is 0 Å². The first-order valence-corrected chi connectivity index (χ1v) is 4.57. The van der Waals surface area contributed by atoms with E-state index in [0.29, 0.717) is 6.61 Å². The van der Waals surface area contributed by atoms with Crippen LogP contribution in [0, 0.1) is 0 Å². The summed E-state index contributed by atoms with van der Waals surface area (Å²) in [7, 11) is 0. The van der Waals surface area contributed by atoms with Crippen LogP contribution in [0.15, 0.2) is 0 Å². The highest BCUT2D eigenvalue weighted by molar-refractivity contribution is 5.01. The van der Waals surface area contributed by atoms with Crippen molar-refractivity contribution in [1.29, 1.82) is 0 Å². The Morgan fingerprint density at radius 3 is 2.69 bits per heavy atom. The minimum absolute atomic E-state index is 0.0142. The molecule has 2 rings (SSSR count). The largest absolute Gasteiger partial charge is 0.394 e. The maximum absolute atomic E-state index is 9.04. The van der Waals surface area contributed by atoms with E-state index in [2.05, 4.69) is 0 Å². The number of hydrogen-bond donors (Lipinski definition) is 1. The van der Waals surface area contributed by atoms with Crippen molar-refractivity contribution < 1.29 is 19.3 Å². The Balaban J connectivity index is 2.18. The molecule has 0 aromatic carbocycles. The van der Waals surface area contributed by atoms with Gasteiger partial charge >= 0.3 is 0 Å². The summed E-state index contributed by atoms with van der Waals surface area (Å²) in [5, 5.41) is 9.04. The van der Waals surface area contributed by atoms with Crippen molar-refractivity contribution in [2.75, 3.05) is 13.2 Å². The number of ether oxygens (including phenoxy) is 3. The van der Waals surface area contributed by atoms with Gasteiger partial charge in [0.15, 0.2) is 5.79 Å². The molecule has 0 radical (unpaired) electrons. The lowest BCUT2D eigenvalue weighted by atomic mass is 10.00. The van der Waals surface area contributed by atoms with Gasteiger partial charge in [0.1, 0.15) is 17.8 Å². The number of rotatable bonds is 1. The van der Waals surface area contributed by atoms with Crippen LogP contribution in [0.3, 0.4) is 0 Å². The van der Waals surface area contributed by atoms with Crippen molar-refractivity contribution in [3.05, 3.63) is 0 Å². The highest BCUT2D eigenvalue weighted by Gasteiger charge is 2.57. The summed E-state index contributed by atoms with van der Waals surface area (Å²) in [5.41, 5.74) is -0.392. The van der Waals surface area contributed by atoms with Gasteiger partial charge in [0, 0.05) is 0 Å². The second-order valence-corrected chi connectivity index (χ2v) is 4.39. The van der Waals surface area contributed by atoms with Crippen molar-refractivity contribution in [2.45, 2.75) is 44.4 Å². The quantitative estimate of drug-likeness (QED) is 0.642. The van der Waals surface area contributed by atoms with E-state index in [0.717, 1.165) is 0 Å². The van der Waals surface area contributed by atoms with Crippen LogP contribution in [0.5, 0.6) is 0 Å². The Morgan fingerprint density at radius 1 is 1.38 bits per heavy atom. The zero-order chi connectivity index (χ0) is 9.69. The maximum atomic E-state index is 9.04.